The normalized spacial score (nSPS) is 26.5. The van der Waals surface area contributed by atoms with Crippen LogP contribution in [0.5, 0.6) is 0 Å². The number of carbonyl (C=O) groups excluding carboxylic acids is 1. The van der Waals surface area contributed by atoms with E-state index in [9.17, 15) is 4.79 Å². The van der Waals surface area contributed by atoms with E-state index in [0.29, 0.717) is 6.54 Å². The molecule has 2 N–H and O–H groups in total. The van der Waals surface area contributed by atoms with Crippen molar-refractivity contribution in [2.45, 2.75) is 38.4 Å². The molecule has 2 aliphatic rings. The quantitative estimate of drug-likeness (QED) is 0.900. The smallest absolute Gasteiger partial charge is 0.236 e. The number of piperidine rings is 1. The molecule has 0 unspecified atom stereocenters. The van der Waals surface area contributed by atoms with Crippen molar-refractivity contribution in [2.75, 3.05) is 39.3 Å². The van der Waals surface area contributed by atoms with Crippen LogP contribution in [0.2, 0.25) is 0 Å². The number of amides is 1. The number of nitrogens with zero attached hydrogens (tertiary/aromatic N) is 3. The SMILES string of the molecule is C[C@@H]1C[C@@H](N)CCN1C(=O)CN1CCN(Cc2ccccc2)CC1. The van der Waals surface area contributed by atoms with Gasteiger partial charge in [-0.25, -0.2) is 0 Å². The summed E-state index contributed by atoms with van der Waals surface area (Å²) in [5.41, 5.74) is 7.36. The van der Waals surface area contributed by atoms with E-state index in [4.69, 9.17) is 5.73 Å². The van der Waals surface area contributed by atoms with E-state index >= 15 is 0 Å². The van der Waals surface area contributed by atoms with Crippen molar-refractivity contribution in [3.05, 3.63) is 35.9 Å². The molecule has 2 atom stereocenters. The third-order valence-electron chi connectivity index (χ3n) is 5.31. The summed E-state index contributed by atoms with van der Waals surface area (Å²) in [6, 6.07) is 11.1. The van der Waals surface area contributed by atoms with Gasteiger partial charge in [-0.05, 0) is 25.3 Å². The van der Waals surface area contributed by atoms with E-state index in [-0.39, 0.29) is 18.0 Å². The highest BCUT2D eigenvalue weighted by Crippen LogP contribution is 2.16. The van der Waals surface area contributed by atoms with Gasteiger partial charge in [0.15, 0.2) is 0 Å². The fourth-order valence-corrected chi connectivity index (χ4v) is 3.81. The summed E-state index contributed by atoms with van der Waals surface area (Å²) in [5.74, 6) is 0.269. The third-order valence-corrected chi connectivity index (χ3v) is 5.31. The zero-order valence-electron chi connectivity index (χ0n) is 14.7. The van der Waals surface area contributed by atoms with Gasteiger partial charge >= 0.3 is 0 Å². The molecule has 0 saturated carbocycles. The van der Waals surface area contributed by atoms with Gasteiger partial charge in [0.05, 0.1) is 6.54 Å². The Morgan fingerprint density at radius 2 is 1.75 bits per heavy atom. The molecule has 5 heteroatoms. The van der Waals surface area contributed by atoms with Crippen molar-refractivity contribution >= 4 is 5.91 Å². The molecular weight excluding hydrogens is 300 g/mol. The molecule has 132 valence electrons. The van der Waals surface area contributed by atoms with Crippen LogP contribution < -0.4 is 5.73 Å². The van der Waals surface area contributed by atoms with Crippen LogP contribution in [0.15, 0.2) is 30.3 Å². The summed E-state index contributed by atoms with van der Waals surface area (Å²) in [5, 5.41) is 0. The van der Waals surface area contributed by atoms with Gasteiger partial charge in [-0.2, -0.15) is 0 Å². The molecule has 0 spiro atoms. The molecule has 1 aromatic carbocycles. The summed E-state index contributed by atoms with van der Waals surface area (Å²) >= 11 is 0. The largest absolute Gasteiger partial charge is 0.339 e. The number of hydrogen-bond acceptors (Lipinski definition) is 4. The Kier molecular flexibility index (Phi) is 5.87. The molecule has 2 heterocycles. The van der Waals surface area contributed by atoms with Crippen molar-refractivity contribution in [3.63, 3.8) is 0 Å². The minimum absolute atomic E-state index is 0.255. The van der Waals surface area contributed by atoms with E-state index in [1.165, 1.54) is 5.56 Å². The van der Waals surface area contributed by atoms with Crippen LogP contribution in [0.25, 0.3) is 0 Å². The first-order valence-electron chi connectivity index (χ1n) is 9.15. The Balaban J connectivity index is 1.43. The van der Waals surface area contributed by atoms with Crippen LogP contribution in [0, 0.1) is 0 Å². The predicted octanol–water partition coefficient (Wildman–Crippen LogP) is 1.14. The van der Waals surface area contributed by atoms with E-state index in [0.717, 1.165) is 52.1 Å². The highest BCUT2D eigenvalue weighted by molar-refractivity contribution is 5.78. The van der Waals surface area contributed by atoms with E-state index in [2.05, 4.69) is 47.1 Å². The van der Waals surface area contributed by atoms with Crippen LogP contribution >= 0.6 is 0 Å². The highest BCUT2D eigenvalue weighted by Gasteiger charge is 2.28. The molecule has 0 bridgehead atoms. The summed E-state index contributed by atoms with van der Waals surface area (Å²) in [7, 11) is 0. The molecule has 0 aromatic heterocycles. The average Bonchev–Trinajstić information content (AvgIpc) is 2.57. The molecule has 1 aromatic rings. The number of likely N-dealkylation sites (tertiary alicyclic amines) is 1. The average molecular weight is 330 g/mol. The molecule has 1 amide bonds. The molecule has 2 saturated heterocycles. The molecule has 5 nitrogen and oxygen atoms in total. The van der Waals surface area contributed by atoms with E-state index < -0.39 is 0 Å². The zero-order chi connectivity index (χ0) is 16.9. The molecule has 0 radical (unpaired) electrons. The van der Waals surface area contributed by atoms with Crippen molar-refractivity contribution in [2.24, 2.45) is 5.73 Å². The van der Waals surface area contributed by atoms with Gasteiger partial charge in [0.1, 0.15) is 0 Å². The Morgan fingerprint density at radius 3 is 2.42 bits per heavy atom. The first-order chi connectivity index (χ1) is 11.6. The number of nitrogens with two attached hydrogens (primary N) is 1. The van der Waals surface area contributed by atoms with Crippen molar-refractivity contribution in [1.82, 2.24) is 14.7 Å². The van der Waals surface area contributed by atoms with E-state index in [1.54, 1.807) is 0 Å². The summed E-state index contributed by atoms with van der Waals surface area (Å²) in [6.45, 7) is 8.50. The lowest BCUT2D eigenvalue weighted by molar-refractivity contribution is -0.136. The molecule has 2 aliphatic heterocycles. The molecule has 0 aliphatic carbocycles. The standard InChI is InChI=1S/C19H30N4O/c1-16-13-18(20)7-8-23(16)19(24)15-22-11-9-21(10-12-22)14-17-5-3-2-4-6-17/h2-6,16,18H,7-15,20H2,1H3/t16-,18+/m1/s1. The Labute approximate surface area is 145 Å². The van der Waals surface area contributed by atoms with Crippen LogP contribution in [-0.2, 0) is 11.3 Å². The number of rotatable bonds is 4. The molecular formula is C19H30N4O. The molecule has 24 heavy (non-hydrogen) atoms. The van der Waals surface area contributed by atoms with Gasteiger partial charge in [0, 0.05) is 51.4 Å². The maximum Gasteiger partial charge on any atom is 0.236 e. The number of hydrogen-bond donors (Lipinski definition) is 1. The lowest BCUT2D eigenvalue weighted by atomic mass is 9.99. The zero-order valence-corrected chi connectivity index (χ0v) is 14.7. The number of piperazine rings is 1. The predicted molar refractivity (Wildman–Crippen MR) is 96.5 cm³/mol. The first-order valence-corrected chi connectivity index (χ1v) is 9.15. The monoisotopic (exact) mass is 330 g/mol. The fourth-order valence-electron chi connectivity index (χ4n) is 3.81. The highest BCUT2D eigenvalue weighted by atomic mass is 16.2. The Hall–Kier alpha value is -1.43. The van der Waals surface area contributed by atoms with Gasteiger partial charge in [-0.15, -0.1) is 0 Å². The van der Waals surface area contributed by atoms with Crippen LogP contribution in [0.3, 0.4) is 0 Å². The summed E-state index contributed by atoms with van der Waals surface area (Å²) in [4.78, 5) is 19.4. The van der Waals surface area contributed by atoms with Gasteiger partial charge < -0.3 is 10.6 Å². The second-order valence-electron chi connectivity index (χ2n) is 7.26. The second kappa shape index (κ2) is 8.10. The van der Waals surface area contributed by atoms with Crippen molar-refractivity contribution < 1.29 is 4.79 Å². The van der Waals surface area contributed by atoms with Crippen molar-refractivity contribution in [3.8, 4) is 0 Å². The Morgan fingerprint density at radius 1 is 1.08 bits per heavy atom. The van der Waals surface area contributed by atoms with Crippen LogP contribution in [0.4, 0.5) is 0 Å². The molecule has 3 rings (SSSR count). The topological polar surface area (TPSA) is 52.8 Å². The van der Waals surface area contributed by atoms with Gasteiger partial charge in [0.2, 0.25) is 5.91 Å². The third kappa shape index (κ3) is 4.56. The lowest BCUT2D eigenvalue weighted by Gasteiger charge is -2.39. The van der Waals surface area contributed by atoms with Crippen LogP contribution in [-0.4, -0.2) is 72.0 Å². The van der Waals surface area contributed by atoms with Crippen molar-refractivity contribution in [1.29, 1.82) is 0 Å². The van der Waals surface area contributed by atoms with E-state index in [1.807, 2.05) is 4.90 Å². The number of benzene rings is 1. The minimum atomic E-state index is 0.255. The first kappa shape index (κ1) is 17.4. The van der Waals surface area contributed by atoms with Crippen LogP contribution in [0.1, 0.15) is 25.3 Å². The summed E-state index contributed by atoms with van der Waals surface area (Å²) < 4.78 is 0. The maximum atomic E-state index is 12.6. The summed E-state index contributed by atoms with van der Waals surface area (Å²) in [6.07, 6.45) is 1.86. The second-order valence-corrected chi connectivity index (χ2v) is 7.26. The number of carbonyl (C=O) groups is 1. The lowest BCUT2D eigenvalue weighted by Crippen LogP contribution is -2.53. The fraction of sp³-hybridized carbons (Fsp3) is 0.632. The van der Waals surface area contributed by atoms with Gasteiger partial charge in [-0.1, -0.05) is 30.3 Å². The molecule has 2 fully saturated rings. The van der Waals surface area contributed by atoms with Gasteiger partial charge in [0.25, 0.3) is 0 Å². The Bertz CT molecular complexity index is 527. The minimum Gasteiger partial charge on any atom is -0.339 e. The maximum absolute atomic E-state index is 12.6. The van der Waals surface area contributed by atoms with Gasteiger partial charge in [-0.3, -0.25) is 14.6 Å².